The fourth-order valence-electron chi connectivity index (χ4n) is 5.49. The zero-order valence-corrected chi connectivity index (χ0v) is 25.0. The van der Waals surface area contributed by atoms with Crippen LogP contribution in [0.3, 0.4) is 0 Å². The molecule has 4 heterocycles. The molecule has 0 unspecified atom stereocenters. The number of esters is 1. The summed E-state index contributed by atoms with van der Waals surface area (Å²) >= 11 is 0. The Bertz CT molecular complexity index is 1600. The SMILES string of the molecule is COC[C@@](C)(N)c1cnc(O[C@H]2C[C@H](CS(C)(=O)=O)C2)c2cnc(Nc3ccc4c(n3)[C@@H](C)C(C)(C)OC4=O)cc12. The van der Waals surface area contributed by atoms with Gasteiger partial charge in [-0.25, -0.2) is 28.2 Å². The lowest BCUT2D eigenvalue weighted by molar-refractivity contribution is -0.0189. The van der Waals surface area contributed by atoms with Gasteiger partial charge in [0.05, 0.1) is 34.5 Å². The molecule has 0 bridgehead atoms. The van der Waals surface area contributed by atoms with E-state index < -0.39 is 21.0 Å². The number of carbonyl (C=O) groups is 1. The van der Waals surface area contributed by atoms with E-state index in [4.69, 9.17) is 24.9 Å². The predicted octanol–water partition coefficient (Wildman–Crippen LogP) is 3.84. The molecule has 0 amide bonds. The molecule has 1 aliphatic carbocycles. The van der Waals surface area contributed by atoms with Crippen molar-refractivity contribution < 1.29 is 27.4 Å². The van der Waals surface area contributed by atoms with Crippen LogP contribution in [0.25, 0.3) is 10.8 Å². The van der Waals surface area contributed by atoms with Crippen molar-refractivity contribution in [2.45, 2.75) is 63.7 Å². The second-order valence-electron chi connectivity index (χ2n) is 12.1. The van der Waals surface area contributed by atoms with Crippen molar-refractivity contribution in [1.82, 2.24) is 15.0 Å². The first-order valence-corrected chi connectivity index (χ1v) is 15.7. The van der Waals surface area contributed by atoms with Crippen LogP contribution >= 0.6 is 0 Å². The van der Waals surface area contributed by atoms with Gasteiger partial charge < -0.3 is 25.3 Å². The quantitative estimate of drug-likeness (QED) is 0.353. The van der Waals surface area contributed by atoms with Gasteiger partial charge in [0, 0.05) is 37.2 Å². The van der Waals surface area contributed by atoms with Crippen molar-refractivity contribution in [2.24, 2.45) is 11.7 Å². The van der Waals surface area contributed by atoms with Crippen LogP contribution in [0.1, 0.15) is 68.1 Å². The van der Waals surface area contributed by atoms with Gasteiger partial charge in [0.2, 0.25) is 5.88 Å². The van der Waals surface area contributed by atoms with E-state index in [1.54, 1.807) is 31.6 Å². The summed E-state index contributed by atoms with van der Waals surface area (Å²) in [5.74, 6) is 1.24. The van der Waals surface area contributed by atoms with Crippen LogP contribution in [-0.4, -0.2) is 66.8 Å². The van der Waals surface area contributed by atoms with E-state index in [2.05, 4.69) is 15.3 Å². The summed E-state index contributed by atoms with van der Waals surface area (Å²) < 4.78 is 40.4. The fourth-order valence-corrected chi connectivity index (χ4v) is 6.62. The number of cyclic esters (lactones) is 1. The van der Waals surface area contributed by atoms with Crippen LogP contribution in [0, 0.1) is 5.92 Å². The first-order valence-electron chi connectivity index (χ1n) is 13.6. The number of nitrogens with zero attached hydrogens (tertiary/aromatic N) is 3. The largest absolute Gasteiger partial charge is 0.474 e. The van der Waals surface area contributed by atoms with E-state index in [1.165, 1.54) is 6.26 Å². The van der Waals surface area contributed by atoms with Gasteiger partial charge in [-0.2, -0.15) is 0 Å². The standard InChI is InChI=1S/C29H37N5O6S/c1-16-25-19(27(35)40-28(16,2)3)7-8-23(34-25)33-24-11-20-21(12-31-24)26(32-13-22(20)29(4,30)15-38-5)39-18-9-17(10-18)14-41(6,36)37/h7-8,11-13,16-18H,9-10,14-15,30H2,1-6H3,(H,31,33,34)/t16-,17-,18-,29-/m1/s1. The van der Waals surface area contributed by atoms with Gasteiger partial charge >= 0.3 is 5.97 Å². The highest BCUT2D eigenvalue weighted by molar-refractivity contribution is 7.90. The highest BCUT2D eigenvalue weighted by Crippen LogP contribution is 2.39. The zero-order valence-electron chi connectivity index (χ0n) is 24.2. The van der Waals surface area contributed by atoms with Crippen LogP contribution < -0.4 is 15.8 Å². The number of hydrogen-bond donors (Lipinski definition) is 2. The van der Waals surface area contributed by atoms with Crippen molar-refractivity contribution in [3.63, 3.8) is 0 Å². The van der Waals surface area contributed by atoms with Gasteiger partial charge in [-0.1, -0.05) is 6.92 Å². The molecule has 0 radical (unpaired) electrons. The monoisotopic (exact) mass is 583 g/mol. The fraction of sp³-hybridized carbons (Fsp3) is 0.517. The lowest BCUT2D eigenvalue weighted by Gasteiger charge is -2.36. The lowest BCUT2D eigenvalue weighted by Crippen LogP contribution is -2.39. The van der Waals surface area contributed by atoms with Crippen LogP contribution in [0.15, 0.2) is 30.6 Å². The van der Waals surface area contributed by atoms with Crippen LogP contribution in [0.2, 0.25) is 0 Å². The summed E-state index contributed by atoms with van der Waals surface area (Å²) in [5.41, 5.74) is 7.01. The van der Waals surface area contributed by atoms with E-state index >= 15 is 0 Å². The van der Waals surface area contributed by atoms with Gasteiger partial charge in [0.25, 0.3) is 0 Å². The highest BCUT2D eigenvalue weighted by Gasteiger charge is 2.40. The van der Waals surface area contributed by atoms with Gasteiger partial charge in [-0.05, 0) is 63.1 Å². The first-order chi connectivity index (χ1) is 19.2. The number of ether oxygens (including phenoxy) is 3. The molecular formula is C29H37N5O6S. The molecule has 3 aromatic rings. The van der Waals surface area contributed by atoms with E-state index in [0.29, 0.717) is 47.0 Å². The third-order valence-electron chi connectivity index (χ3n) is 8.01. The smallest absolute Gasteiger partial charge is 0.340 e. The summed E-state index contributed by atoms with van der Waals surface area (Å²) in [7, 11) is -1.44. The van der Waals surface area contributed by atoms with Crippen LogP contribution in [0.5, 0.6) is 5.88 Å². The summed E-state index contributed by atoms with van der Waals surface area (Å²) in [5, 5.41) is 4.74. The number of nitrogens with two attached hydrogens (primary N) is 1. The maximum Gasteiger partial charge on any atom is 0.340 e. The Labute approximate surface area is 240 Å². The molecule has 5 rings (SSSR count). The molecule has 1 saturated carbocycles. The second-order valence-corrected chi connectivity index (χ2v) is 14.3. The van der Waals surface area contributed by atoms with E-state index in [1.807, 2.05) is 33.8 Å². The molecule has 11 nitrogen and oxygen atoms in total. The number of pyridine rings is 3. The molecule has 1 fully saturated rings. The number of nitrogens with one attached hydrogen (secondary N) is 1. The Morgan fingerprint density at radius 2 is 1.90 bits per heavy atom. The zero-order chi connectivity index (χ0) is 29.7. The Balaban J connectivity index is 1.46. The van der Waals surface area contributed by atoms with Gasteiger partial charge in [0.15, 0.2) is 0 Å². The molecule has 0 saturated heterocycles. The third kappa shape index (κ3) is 6.00. The van der Waals surface area contributed by atoms with Crippen LogP contribution in [-0.2, 0) is 24.8 Å². The van der Waals surface area contributed by atoms with Gasteiger partial charge in [0.1, 0.15) is 33.2 Å². The van der Waals surface area contributed by atoms with Crippen molar-refractivity contribution in [2.75, 3.05) is 31.0 Å². The molecule has 12 heteroatoms. The van der Waals surface area contributed by atoms with Crippen molar-refractivity contribution in [1.29, 1.82) is 0 Å². The molecular weight excluding hydrogens is 546 g/mol. The van der Waals surface area contributed by atoms with Crippen molar-refractivity contribution in [3.8, 4) is 5.88 Å². The Morgan fingerprint density at radius 3 is 2.59 bits per heavy atom. The average Bonchev–Trinajstić information content (AvgIpc) is 2.85. The predicted molar refractivity (Wildman–Crippen MR) is 155 cm³/mol. The summed E-state index contributed by atoms with van der Waals surface area (Å²) in [6.07, 6.45) is 5.80. The summed E-state index contributed by atoms with van der Waals surface area (Å²) in [6.45, 7) is 7.87. The minimum absolute atomic E-state index is 0.0859. The minimum Gasteiger partial charge on any atom is -0.474 e. The first kappa shape index (κ1) is 29.2. The Kier molecular flexibility index (Phi) is 7.46. The molecule has 2 atom stereocenters. The van der Waals surface area contributed by atoms with Crippen molar-refractivity contribution >= 4 is 38.2 Å². The Hall–Kier alpha value is -3.35. The second kappa shape index (κ2) is 10.5. The maximum atomic E-state index is 12.5. The highest BCUT2D eigenvalue weighted by atomic mass is 32.2. The van der Waals surface area contributed by atoms with E-state index in [-0.39, 0.29) is 36.3 Å². The molecule has 0 aromatic carbocycles. The number of anilines is 2. The summed E-state index contributed by atoms with van der Waals surface area (Å²) in [6, 6.07) is 5.31. The maximum absolute atomic E-state index is 12.5. The molecule has 3 aromatic heterocycles. The number of hydrogen-bond acceptors (Lipinski definition) is 11. The lowest BCUT2D eigenvalue weighted by atomic mass is 9.84. The van der Waals surface area contributed by atoms with Gasteiger partial charge in [-0.3, -0.25) is 0 Å². The normalized spacial score (nSPS) is 23.2. The molecule has 3 N–H and O–H groups in total. The molecule has 1 aliphatic heterocycles. The van der Waals surface area contributed by atoms with Gasteiger partial charge in [-0.15, -0.1) is 0 Å². The number of carbonyl (C=O) groups excluding carboxylic acids is 1. The number of methoxy groups -OCH3 is 1. The van der Waals surface area contributed by atoms with Crippen LogP contribution in [0.4, 0.5) is 11.6 Å². The molecule has 0 spiro atoms. The topological polar surface area (TPSA) is 156 Å². The summed E-state index contributed by atoms with van der Waals surface area (Å²) in [4.78, 5) is 26.4. The number of aromatic nitrogens is 3. The number of sulfone groups is 1. The molecule has 2 aliphatic rings. The van der Waals surface area contributed by atoms with Crippen molar-refractivity contribution in [3.05, 3.63) is 47.4 Å². The third-order valence-corrected chi connectivity index (χ3v) is 9.09. The molecule has 220 valence electrons. The van der Waals surface area contributed by atoms with E-state index in [9.17, 15) is 13.2 Å². The number of fused-ring (bicyclic) bond motifs is 2. The minimum atomic E-state index is -3.03. The average molecular weight is 584 g/mol. The Morgan fingerprint density at radius 1 is 1.17 bits per heavy atom. The van der Waals surface area contributed by atoms with E-state index in [0.717, 1.165) is 10.9 Å². The molecule has 41 heavy (non-hydrogen) atoms. The number of rotatable bonds is 9.